The highest BCUT2D eigenvalue weighted by atomic mass is 16.5. The average molecular weight is 483 g/mol. The lowest BCUT2D eigenvalue weighted by Gasteiger charge is -2.35. The van der Waals surface area contributed by atoms with Gasteiger partial charge in [-0.2, -0.15) is 0 Å². The van der Waals surface area contributed by atoms with Crippen molar-refractivity contribution in [2.45, 2.75) is 66.0 Å². The lowest BCUT2D eigenvalue weighted by Crippen LogP contribution is -2.43. The maximum Gasteiger partial charge on any atom is 0.233 e. The molecule has 1 atom stereocenters. The Morgan fingerprint density at radius 2 is 1.86 bits per heavy atom. The van der Waals surface area contributed by atoms with E-state index < -0.39 is 0 Å². The standard InChI is InChI=1S/C28H42N4O3/c1-22-10-8-9-13-32(22)27-24(26(29-35-27)23-11-6-5-7-12-23)21-31(25(33)20-28(2,3)4)15-14-30-16-18-34-19-17-30/h5-7,11-12,22H,8-10,13-21H2,1-4H3. The van der Waals surface area contributed by atoms with E-state index >= 15 is 0 Å². The minimum atomic E-state index is -0.0740. The fourth-order valence-electron chi connectivity index (χ4n) is 5.03. The average Bonchev–Trinajstić information content (AvgIpc) is 3.25. The molecular weight excluding hydrogens is 440 g/mol. The summed E-state index contributed by atoms with van der Waals surface area (Å²) >= 11 is 0. The molecule has 0 spiro atoms. The molecule has 0 radical (unpaired) electrons. The zero-order chi connectivity index (χ0) is 24.8. The first-order valence-electron chi connectivity index (χ1n) is 13.2. The maximum atomic E-state index is 13.6. The van der Waals surface area contributed by atoms with Crippen molar-refractivity contribution in [2.75, 3.05) is 50.8 Å². The normalized spacial score (nSPS) is 19.7. The van der Waals surface area contributed by atoms with Gasteiger partial charge < -0.3 is 19.1 Å². The van der Waals surface area contributed by atoms with Crippen LogP contribution in [0, 0.1) is 5.41 Å². The summed E-state index contributed by atoms with van der Waals surface area (Å²) in [6.07, 6.45) is 4.04. The van der Waals surface area contributed by atoms with Crippen LogP contribution in [0.4, 0.5) is 5.88 Å². The largest absolute Gasteiger partial charge is 0.379 e. The second kappa shape index (κ2) is 11.6. The smallest absolute Gasteiger partial charge is 0.233 e. The molecule has 2 saturated heterocycles. The van der Waals surface area contributed by atoms with Crippen molar-refractivity contribution in [1.29, 1.82) is 0 Å². The summed E-state index contributed by atoms with van der Waals surface area (Å²) in [5.74, 6) is 1.01. The van der Waals surface area contributed by atoms with E-state index in [-0.39, 0.29) is 11.3 Å². The monoisotopic (exact) mass is 482 g/mol. The van der Waals surface area contributed by atoms with Crippen LogP contribution >= 0.6 is 0 Å². The van der Waals surface area contributed by atoms with E-state index in [9.17, 15) is 4.79 Å². The highest BCUT2D eigenvalue weighted by molar-refractivity contribution is 5.78. The van der Waals surface area contributed by atoms with Gasteiger partial charge in [0.15, 0.2) is 0 Å². The van der Waals surface area contributed by atoms with Crippen molar-refractivity contribution < 1.29 is 14.1 Å². The van der Waals surface area contributed by atoms with E-state index in [0.29, 0.717) is 25.6 Å². The molecule has 7 nitrogen and oxygen atoms in total. The Labute approximate surface area is 210 Å². The third-order valence-corrected chi connectivity index (χ3v) is 7.05. The molecule has 1 aromatic heterocycles. The van der Waals surface area contributed by atoms with Gasteiger partial charge in [0.25, 0.3) is 0 Å². The maximum absolute atomic E-state index is 13.6. The number of carbonyl (C=O) groups is 1. The number of rotatable bonds is 8. The molecule has 2 aromatic rings. The van der Waals surface area contributed by atoms with Gasteiger partial charge in [-0.25, -0.2) is 0 Å². The van der Waals surface area contributed by atoms with Crippen molar-refractivity contribution in [2.24, 2.45) is 5.41 Å². The molecular formula is C28H42N4O3. The number of nitrogens with zero attached hydrogens (tertiary/aromatic N) is 4. The van der Waals surface area contributed by atoms with Gasteiger partial charge in [-0.05, 0) is 31.6 Å². The Hall–Kier alpha value is -2.38. The van der Waals surface area contributed by atoms with Gasteiger partial charge in [-0.1, -0.05) is 56.3 Å². The number of anilines is 1. The SMILES string of the molecule is CC1CCCCN1c1onc(-c2ccccc2)c1CN(CCN1CCOCC1)C(=O)CC(C)(C)C. The summed E-state index contributed by atoms with van der Waals surface area (Å²) < 4.78 is 11.6. The van der Waals surface area contributed by atoms with E-state index in [2.05, 4.69) is 54.8 Å². The number of piperidine rings is 1. The lowest BCUT2D eigenvalue weighted by molar-refractivity contribution is -0.134. The molecule has 0 N–H and O–H groups in total. The number of ether oxygens (including phenoxy) is 1. The van der Waals surface area contributed by atoms with Crippen LogP contribution in [0.3, 0.4) is 0 Å². The Bertz CT molecular complexity index is 947. The summed E-state index contributed by atoms with van der Waals surface area (Å²) in [6.45, 7) is 15.0. The van der Waals surface area contributed by atoms with E-state index in [4.69, 9.17) is 9.26 Å². The zero-order valence-electron chi connectivity index (χ0n) is 22.0. The molecule has 0 aliphatic carbocycles. The highest BCUT2D eigenvalue weighted by Gasteiger charge is 2.30. The van der Waals surface area contributed by atoms with Crippen LogP contribution in [-0.2, 0) is 16.1 Å². The molecule has 4 rings (SSSR count). The van der Waals surface area contributed by atoms with Crippen molar-refractivity contribution in [3.05, 3.63) is 35.9 Å². The summed E-state index contributed by atoms with van der Waals surface area (Å²) in [7, 11) is 0. The van der Waals surface area contributed by atoms with Crippen molar-refractivity contribution >= 4 is 11.8 Å². The molecule has 3 heterocycles. The summed E-state index contributed by atoms with van der Waals surface area (Å²) in [5.41, 5.74) is 2.82. The van der Waals surface area contributed by atoms with Crippen LogP contribution in [-0.4, -0.2) is 72.8 Å². The van der Waals surface area contributed by atoms with E-state index in [1.807, 2.05) is 23.1 Å². The second-order valence-electron chi connectivity index (χ2n) is 11.2. The van der Waals surface area contributed by atoms with Gasteiger partial charge in [0.05, 0.1) is 25.3 Å². The van der Waals surface area contributed by atoms with Crippen LogP contribution in [0.25, 0.3) is 11.3 Å². The van der Waals surface area contributed by atoms with Crippen LogP contribution in [0.1, 0.15) is 58.9 Å². The third-order valence-electron chi connectivity index (χ3n) is 7.05. The molecule has 1 unspecified atom stereocenters. The number of hydrogen-bond acceptors (Lipinski definition) is 6. The molecule has 35 heavy (non-hydrogen) atoms. The quantitative estimate of drug-likeness (QED) is 0.538. The predicted molar refractivity (Wildman–Crippen MR) is 139 cm³/mol. The molecule has 0 saturated carbocycles. The topological polar surface area (TPSA) is 62.1 Å². The second-order valence-corrected chi connectivity index (χ2v) is 11.2. The molecule has 2 aliphatic heterocycles. The Kier molecular flexibility index (Phi) is 8.50. The first-order valence-corrected chi connectivity index (χ1v) is 13.2. The van der Waals surface area contributed by atoms with Crippen molar-refractivity contribution in [1.82, 2.24) is 15.0 Å². The first kappa shape index (κ1) is 25.7. The summed E-state index contributed by atoms with van der Waals surface area (Å²) in [5, 5.41) is 4.55. The van der Waals surface area contributed by atoms with Gasteiger partial charge in [0.1, 0.15) is 5.69 Å². The minimum Gasteiger partial charge on any atom is -0.379 e. The number of carbonyl (C=O) groups excluding carboxylic acids is 1. The first-order chi connectivity index (χ1) is 16.8. The number of morpholine rings is 1. The zero-order valence-corrected chi connectivity index (χ0v) is 22.0. The van der Waals surface area contributed by atoms with E-state index in [0.717, 1.165) is 74.9 Å². The van der Waals surface area contributed by atoms with Gasteiger partial charge in [0, 0.05) is 50.7 Å². The van der Waals surface area contributed by atoms with Crippen molar-refractivity contribution in [3.63, 3.8) is 0 Å². The third kappa shape index (κ3) is 6.85. The van der Waals surface area contributed by atoms with Crippen LogP contribution in [0.15, 0.2) is 34.9 Å². The highest BCUT2D eigenvalue weighted by Crippen LogP contribution is 2.36. The minimum absolute atomic E-state index is 0.0740. The van der Waals surface area contributed by atoms with Gasteiger partial charge >= 0.3 is 0 Å². The van der Waals surface area contributed by atoms with Gasteiger partial charge in [0.2, 0.25) is 11.8 Å². The van der Waals surface area contributed by atoms with E-state index in [1.54, 1.807) is 0 Å². The van der Waals surface area contributed by atoms with Crippen LogP contribution in [0.2, 0.25) is 0 Å². The van der Waals surface area contributed by atoms with Gasteiger partial charge in [-0.15, -0.1) is 0 Å². The van der Waals surface area contributed by atoms with Gasteiger partial charge in [-0.3, -0.25) is 9.69 Å². The molecule has 2 aliphatic rings. The lowest BCUT2D eigenvalue weighted by atomic mass is 9.91. The van der Waals surface area contributed by atoms with Crippen LogP contribution in [0.5, 0.6) is 0 Å². The number of hydrogen-bond donors (Lipinski definition) is 0. The summed E-state index contributed by atoms with van der Waals surface area (Å²) in [6, 6.07) is 10.6. The molecule has 1 amide bonds. The fraction of sp³-hybridized carbons (Fsp3) is 0.643. The Morgan fingerprint density at radius 3 is 2.54 bits per heavy atom. The molecule has 2 fully saturated rings. The molecule has 0 bridgehead atoms. The molecule has 1 aromatic carbocycles. The number of amides is 1. The summed E-state index contributed by atoms with van der Waals surface area (Å²) in [4.78, 5) is 20.3. The van der Waals surface area contributed by atoms with Crippen molar-refractivity contribution in [3.8, 4) is 11.3 Å². The molecule has 192 valence electrons. The Morgan fingerprint density at radius 1 is 1.11 bits per heavy atom. The Balaban J connectivity index is 1.64. The van der Waals surface area contributed by atoms with Crippen LogP contribution < -0.4 is 4.90 Å². The predicted octanol–water partition coefficient (Wildman–Crippen LogP) is 4.82. The number of benzene rings is 1. The van der Waals surface area contributed by atoms with E-state index in [1.165, 1.54) is 6.42 Å². The number of aromatic nitrogens is 1. The molecule has 7 heteroatoms. The fourth-order valence-corrected chi connectivity index (χ4v) is 5.03.